The summed E-state index contributed by atoms with van der Waals surface area (Å²) in [5.41, 5.74) is 7.44. The summed E-state index contributed by atoms with van der Waals surface area (Å²) in [5.74, 6) is 0.537. The molecule has 0 saturated carbocycles. The zero-order valence-corrected chi connectivity index (χ0v) is 18.7. The normalized spacial score (nSPS) is 11.7. The minimum Gasteiger partial charge on any atom is -0.342 e. The van der Waals surface area contributed by atoms with Crippen molar-refractivity contribution in [2.24, 2.45) is 0 Å². The average Bonchev–Trinajstić information content (AvgIpc) is 3.39. The molecular formula is C27H21N5O2. The summed E-state index contributed by atoms with van der Waals surface area (Å²) in [4.78, 5) is 18.5. The maximum atomic E-state index is 10.9. The van der Waals surface area contributed by atoms with Gasteiger partial charge in [0.25, 0.3) is 5.69 Å². The molecule has 0 spiro atoms. The number of nitrogens with zero attached hydrogens (tertiary/aromatic N) is 4. The van der Waals surface area contributed by atoms with E-state index in [4.69, 9.17) is 0 Å². The van der Waals surface area contributed by atoms with E-state index in [1.165, 1.54) is 17.7 Å². The van der Waals surface area contributed by atoms with Crippen LogP contribution in [0, 0.1) is 35.3 Å². The van der Waals surface area contributed by atoms with Crippen LogP contribution in [0.5, 0.6) is 0 Å². The summed E-state index contributed by atoms with van der Waals surface area (Å²) < 4.78 is 2.09. The SMILES string of the molecule is Cc1cc2nc(/C(C#N)=C/c3cn(Cc4ccc([N+](=O)[O-])cc4)c4ccccc34)[nH]c2cc1C. The molecule has 0 aliphatic rings. The van der Waals surface area contributed by atoms with Crippen molar-refractivity contribution in [1.29, 1.82) is 5.26 Å². The van der Waals surface area contributed by atoms with Crippen molar-refractivity contribution in [3.05, 3.63) is 105 Å². The summed E-state index contributed by atoms with van der Waals surface area (Å²) in [6, 6.07) is 20.9. The fraction of sp³-hybridized carbons (Fsp3) is 0.111. The van der Waals surface area contributed by atoms with Crippen molar-refractivity contribution < 1.29 is 4.92 Å². The topological polar surface area (TPSA) is 101 Å². The minimum atomic E-state index is -0.401. The number of imidazole rings is 1. The lowest BCUT2D eigenvalue weighted by atomic mass is 10.1. The van der Waals surface area contributed by atoms with E-state index < -0.39 is 4.92 Å². The van der Waals surface area contributed by atoms with Crippen molar-refractivity contribution in [2.75, 3.05) is 0 Å². The minimum absolute atomic E-state index is 0.0691. The molecule has 7 nitrogen and oxygen atoms in total. The summed E-state index contributed by atoms with van der Waals surface area (Å²) in [7, 11) is 0. The van der Waals surface area contributed by atoms with E-state index in [1.807, 2.05) is 55.6 Å². The van der Waals surface area contributed by atoms with Gasteiger partial charge in [0.2, 0.25) is 0 Å². The van der Waals surface area contributed by atoms with Crippen LogP contribution >= 0.6 is 0 Å². The number of hydrogen-bond acceptors (Lipinski definition) is 4. The van der Waals surface area contributed by atoms with Gasteiger partial charge in [-0.25, -0.2) is 4.98 Å². The van der Waals surface area contributed by atoms with Crippen LogP contribution in [0.2, 0.25) is 0 Å². The highest BCUT2D eigenvalue weighted by Crippen LogP contribution is 2.28. The van der Waals surface area contributed by atoms with Gasteiger partial charge in [0.1, 0.15) is 11.9 Å². The number of para-hydroxylation sites is 1. The second-order valence-corrected chi connectivity index (χ2v) is 8.36. The standard InChI is InChI=1S/C27H21N5O2/c1-17-11-24-25(12-18(17)2)30-27(29-24)20(14-28)13-21-16-31(26-6-4-3-5-23(21)26)15-19-7-9-22(10-8-19)32(33)34/h3-13,16H,15H2,1-2H3,(H,29,30)/b20-13+. The van der Waals surface area contributed by atoms with Crippen LogP contribution < -0.4 is 0 Å². The predicted molar refractivity (Wildman–Crippen MR) is 133 cm³/mol. The highest BCUT2D eigenvalue weighted by atomic mass is 16.6. The summed E-state index contributed by atoms with van der Waals surface area (Å²) in [5, 5.41) is 21.9. The van der Waals surface area contributed by atoms with E-state index in [0.29, 0.717) is 17.9 Å². The third-order valence-corrected chi connectivity index (χ3v) is 6.09. The molecule has 0 amide bonds. The Bertz CT molecular complexity index is 1590. The lowest BCUT2D eigenvalue weighted by Gasteiger charge is -2.05. The molecule has 0 saturated heterocycles. The Balaban J connectivity index is 1.55. The molecule has 0 radical (unpaired) electrons. The van der Waals surface area contributed by atoms with E-state index >= 15 is 0 Å². The van der Waals surface area contributed by atoms with Crippen molar-refractivity contribution in [3.63, 3.8) is 0 Å². The first kappa shape index (κ1) is 21.2. The van der Waals surface area contributed by atoms with Crippen LogP contribution in [0.3, 0.4) is 0 Å². The molecule has 0 fully saturated rings. The van der Waals surface area contributed by atoms with Crippen LogP contribution in [0.15, 0.2) is 66.9 Å². The molecule has 5 rings (SSSR count). The van der Waals surface area contributed by atoms with E-state index in [9.17, 15) is 15.4 Å². The Morgan fingerprint density at radius 3 is 2.62 bits per heavy atom. The zero-order chi connectivity index (χ0) is 23.8. The van der Waals surface area contributed by atoms with Crippen molar-refractivity contribution in [2.45, 2.75) is 20.4 Å². The van der Waals surface area contributed by atoms with E-state index in [2.05, 4.69) is 27.5 Å². The second-order valence-electron chi connectivity index (χ2n) is 8.36. The zero-order valence-electron chi connectivity index (χ0n) is 18.7. The monoisotopic (exact) mass is 447 g/mol. The molecule has 0 aliphatic heterocycles. The van der Waals surface area contributed by atoms with Gasteiger partial charge in [0, 0.05) is 41.3 Å². The van der Waals surface area contributed by atoms with Crippen molar-refractivity contribution >= 4 is 39.3 Å². The first-order valence-electron chi connectivity index (χ1n) is 10.8. The molecule has 0 bridgehead atoms. The van der Waals surface area contributed by atoms with Gasteiger partial charge >= 0.3 is 0 Å². The van der Waals surface area contributed by atoms with Gasteiger partial charge in [-0.15, -0.1) is 0 Å². The summed E-state index contributed by atoms with van der Waals surface area (Å²) in [6.45, 7) is 4.65. The molecule has 2 heterocycles. The lowest BCUT2D eigenvalue weighted by Crippen LogP contribution is -1.98. The Kier molecular flexibility index (Phi) is 5.19. The molecule has 3 aromatic carbocycles. The highest BCUT2D eigenvalue weighted by molar-refractivity contribution is 5.98. The Labute approximate surface area is 195 Å². The first-order valence-corrected chi connectivity index (χ1v) is 10.8. The number of rotatable bonds is 5. The number of aromatic amines is 1. The molecular weight excluding hydrogens is 426 g/mol. The number of non-ortho nitro benzene ring substituents is 1. The first-order chi connectivity index (χ1) is 16.4. The smallest absolute Gasteiger partial charge is 0.269 e. The third-order valence-electron chi connectivity index (χ3n) is 6.09. The number of benzene rings is 3. The summed E-state index contributed by atoms with van der Waals surface area (Å²) in [6.07, 6.45) is 3.85. The van der Waals surface area contributed by atoms with Crippen LogP contribution in [-0.2, 0) is 6.54 Å². The molecule has 0 unspecified atom stereocenters. The fourth-order valence-corrected chi connectivity index (χ4v) is 4.15. The maximum absolute atomic E-state index is 10.9. The number of nitro groups is 1. The highest BCUT2D eigenvalue weighted by Gasteiger charge is 2.13. The Morgan fingerprint density at radius 1 is 1.15 bits per heavy atom. The molecule has 166 valence electrons. The summed E-state index contributed by atoms with van der Waals surface area (Å²) >= 11 is 0. The number of nitrogens with one attached hydrogen (secondary N) is 1. The van der Waals surface area contributed by atoms with Crippen LogP contribution in [-0.4, -0.2) is 19.5 Å². The number of nitro benzene ring substituents is 1. The van der Waals surface area contributed by atoms with Gasteiger partial charge in [-0.3, -0.25) is 10.1 Å². The molecule has 2 aromatic heterocycles. The van der Waals surface area contributed by atoms with Gasteiger partial charge < -0.3 is 9.55 Å². The molecule has 1 N–H and O–H groups in total. The molecule has 34 heavy (non-hydrogen) atoms. The predicted octanol–water partition coefficient (Wildman–Crippen LogP) is 6.16. The average molecular weight is 447 g/mol. The second kappa shape index (κ2) is 8.34. The van der Waals surface area contributed by atoms with Gasteiger partial charge in [-0.2, -0.15) is 5.26 Å². The van der Waals surface area contributed by atoms with Gasteiger partial charge in [0.05, 0.1) is 21.5 Å². The van der Waals surface area contributed by atoms with Gasteiger partial charge in [-0.1, -0.05) is 30.3 Å². The maximum Gasteiger partial charge on any atom is 0.269 e. The van der Waals surface area contributed by atoms with E-state index in [0.717, 1.165) is 38.6 Å². The van der Waals surface area contributed by atoms with Crippen molar-refractivity contribution in [3.8, 4) is 6.07 Å². The number of H-pyrrole nitrogens is 1. The van der Waals surface area contributed by atoms with Gasteiger partial charge in [-0.05, 0) is 54.8 Å². The third kappa shape index (κ3) is 3.82. The molecule has 0 aliphatic carbocycles. The Hall–Kier alpha value is -4.70. The molecule has 7 heteroatoms. The number of aryl methyl sites for hydroxylation is 2. The lowest BCUT2D eigenvalue weighted by molar-refractivity contribution is -0.384. The number of aromatic nitrogens is 3. The van der Waals surface area contributed by atoms with E-state index in [-0.39, 0.29) is 5.69 Å². The van der Waals surface area contributed by atoms with Crippen LogP contribution in [0.1, 0.15) is 28.1 Å². The largest absolute Gasteiger partial charge is 0.342 e. The molecule has 0 atom stereocenters. The van der Waals surface area contributed by atoms with Crippen molar-refractivity contribution in [1.82, 2.24) is 14.5 Å². The molecule has 5 aromatic rings. The van der Waals surface area contributed by atoms with Crippen LogP contribution in [0.4, 0.5) is 5.69 Å². The number of hydrogen-bond donors (Lipinski definition) is 1. The van der Waals surface area contributed by atoms with Gasteiger partial charge in [0.15, 0.2) is 0 Å². The number of fused-ring (bicyclic) bond motifs is 2. The fourth-order valence-electron chi connectivity index (χ4n) is 4.15. The van der Waals surface area contributed by atoms with Crippen LogP contribution in [0.25, 0.3) is 33.6 Å². The quantitative estimate of drug-likeness (QED) is 0.198. The number of nitriles is 1. The van der Waals surface area contributed by atoms with E-state index in [1.54, 1.807) is 12.1 Å². The Morgan fingerprint density at radius 2 is 1.88 bits per heavy atom. The number of allylic oxidation sites excluding steroid dienone is 1.